The topological polar surface area (TPSA) is 105 Å². The molecule has 32 heavy (non-hydrogen) atoms. The normalized spacial score (nSPS) is 12.5. The minimum Gasteiger partial charge on any atom is -0.508 e. The Balaban J connectivity index is 2.34. The first kappa shape index (κ1) is 25.6. The van der Waals surface area contributed by atoms with Crippen molar-refractivity contribution >= 4 is 20.3 Å². The minimum absolute atomic E-state index is 0.0516. The fourth-order valence-corrected chi connectivity index (χ4v) is 6.02. The first-order valence-electron chi connectivity index (χ1n) is 10.8. The Morgan fingerprint density at radius 2 is 1.22 bits per heavy atom. The lowest BCUT2D eigenvalue weighted by atomic mass is 9.96. The van der Waals surface area contributed by atoms with Crippen LogP contribution in [0.2, 0.25) is 6.04 Å². The molecular weight excluding hydrogens is 428 g/mol. The number of ketones is 1. The zero-order chi connectivity index (χ0) is 23.6. The number of aliphatic hydroxyl groups is 1. The van der Waals surface area contributed by atoms with Crippen molar-refractivity contribution in [1.82, 2.24) is 0 Å². The number of benzene rings is 2. The van der Waals surface area contributed by atoms with E-state index in [0.29, 0.717) is 43.4 Å². The highest BCUT2D eigenvalue weighted by atomic mass is 28.4. The van der Waals surface area contributed by atoms with E-state index in [-0.39, 0.29) is 35.0 Å². The summed E-state index contributed by atoms with van der Waals surface area (Å²) in [6.07, 6.45) is 0.780. The molecule has 0 aliphatic rings. The molecule has 0 aromatic heterocycles. The Hall–Kier alpha value is -2.65. The molecule has 174 valence electrons. The second kappa shape index (κ2) is 12.4. The Morgan fingerprint density at radius 1 is 0.781 bits per heavy atom. The lowest BCUT2D eigenvalue weighted by Crippen LogP contribution is -2.45. The molecule has 3 N–H and O–H groups in total. The van der Waals surface area contributed by atoms with Gasteiger partial charge in [0.1, 0.15) is 17.3 Å². The maximum atomic E-state index is 13.2. The molecule has 0 fully saturated rings. The smallest absolute Gasteiger partial charge is 0.500 e. The van der Waals surface area contributed by atoms with Gasteiger partial charge in [-0.15, -0.1) is 0 Å². The van der Waals surface area contributed by atoms with Gasteiger partial charge in [-0.25, -0.2) is 0 Å². The summed E-state index contributed by atoms with van der Waals surface area (Å²) in [6.45, 7) is 7.03. The number of phenols is 2. The number of hydrogen-bond donors (Lipinski definition) is 3. The highest BCUT2D eigenvalue weighted by Gasteiger charge is 2.40. The van der Waals surface area contributed by atoms with E-state index in [1.165, 1.54) is 36.4 Å². The van der Waals surface area contributed by atoms with Crippen LogP contribution >= 0.6 is 0 Å². The number of Topliss-reactive ketones (excluding diaryl/α,β-unsaturated/α-hetero) is 1. The summed E-state index contributed by atoms with van der Waals surface area (Å²) >= 11 is 0. The molecule has 7 nitrogen and oxygen atoms in total. The van der Waals surface area contributed by atoms with Crippen molar-refractivity contribution in [2.75, 3.05) is 19.8 Å². The van der Waals surface area contributed by atoms with Gasteiger partial charge in [0, 0.05) is 42.6 Å². The molecule has 2 aromatic rings. The first-order chi connectivity index (χ1) is 15.4. The number of hydrogen-bond acceptors (Lipinski definition) is 7. The van der Waals surface area contributed by atoms with Crippen molar-refractivity contribution < 1.29 is 33.4 Å². The molecule has 2 rings (SSSR count). The monoisotopic (exact) mass is 460 g/mol. The number of rotatable bonds is 13. The van der Waals surface area contributed by atoms with Crippen molar-refractivity contribution in [3.63, 3.8) is 0 Å². The maximum absolute atomic E-state index is 13.2. The molecule has 0 saturated heterocycles. The number of allylic oxidation sites excluding steroid dienone is 1. The standard InChI is InChI=1S/C24H32O7Si/c1-4-29-32(30-5-2,31-6-3)17-7-8-22(23(27)18-9-13-20(25)14-10-18)24(28)19-11-15-21(26)16-12-19/h9-16,25-27H,4-8,17H2,1-3H3/b23-22-. The van der Waals surface area contributed by atoms with Crippen molar-refractivity contribution in [2.24, 2.45) is 0 Å². The number of aromatic hydroxyl groups is 2. The van der Waals surface area contributed by atoms with Gasteiger partial charge in [-0.2, -0.15) is 0 Å². The molecule has 0 radical (unpaired) electrons. The van der Waals surface area contributed by atoms with Crippen LogP contribution < -0.4 is 0 Å². The summed E-state index contributed by atoms with van der Waals surface area (Å²) in [6, 6.07) is 12.4. The number of phenolic OH excluding ortho intramolecular Hbond substituents is 2. The van der Waals surface area contributed by atoms with E-state index < -0.39 is 8.80 Å². The van der Waals surface area contributed by atoms with E-state index in [4.69, 9.17) is 13.3 Å². The van der Waals surface area contributed by atoms with Gasteiger partial charge in [0.15, 0.2) is 5.78 Å². The van der Waals surface area contributed by atoms with Crippen molar-refractivity contribution in [3.05, 3.63) is 65.2 Å². The number of aliphatic hydroxyl groups excluding tert-OH is 1. The van der Waals surface area contributed by atoms with Crippen LogP contribution in [0.5, 0.6) is 11.5 Å². The van der Waals surface area contributed by atoms with E-state index in [0.717, 1.165) is 0 Å². The van der Waals surface area contributed by atoms with E-state index in [1.807, 2.05) is 20.8 Å². The molecule has 2 aromatic carbocycles. The molecule has 0 aliphatic carbocycles. The van der Waals surface area contributed by atoms with Gasteiger partial charge in [0.2, 0.25) is 0 Å². The largest absolute Gasteiger partial charge is 0.508 e. The lowest BCUT2D eigenvalue weighted by molar-refractivity contribution is 0.0707. The number of carbonyl (C=O) groups excluding carboxylic acids is 1. The summed E-state index contributed by atoms with van der Waals surface area (Å²) in [7, 11) is -2.89. The summed E-state index contributed by atoms with van der Waals surface area (Å²) in [4.78, 5) is 13.2. The van der Waals surface area contributed by atoms with Crippen LogP contribution in [0.1, 0.15) is 49.5 Å². The number of carbonyl (C=O) groups is 1. The van der Waals surface area contributed by atoms with Gasteiger partial charge in [-0.05, 0) is 82.1 Å². The van der Waals surface area contributed by atoms with Crippen molar-refractivity contribution in [1.29, 1.82) is 0 Å². The van der Waals surface area contributed by atoms with Crippen LogP contribution in [0.4, 0.5) is 0 Å². The predicted molar refractivity (Wildman–Crippen MR) is 125 cm³/mol. The summed E-state index contributed by atoms with van der Waals surface area (Å²) < 4.78 is 17.7. The van der Waals surface area contributed by atoms with Crippen LogP contribution in [0, 0.1) is 0 Å². The second-order valence-corrected chi connectivity index (χ2v) is 9.82. The van der Waals surface area contributed by atoms with Crippen molar-refractivity contribution in [2.45, 2.75) is 39.7 Å². The highest BCUT2D eigenvalue weighted by Crippen LogP contribution is 2.28. The molecule has 0 unspecified atom stereocenters. The third-order valence-electron chi connectivity index (χ3n) is 4.83. The fourth-order valence-electron chi connectivity index (χ4n) is 3.40. The van der Waals surface area contributed by atoms with Gasteiger partial charge in [-0.3, -0.25) is 4.79 Å². The van der Waals surface area contributed by atoms with Gasteiger partial charge >= 0.3 is 8.80 Å². The van der Waals surface area contributed by atoms with Gasteiger partial charge in [0.05, 0.1) is 0 Å². The Bertz CT molecular complexity index is 875. The maximum Gasteiger partial charge on any atom is 0.500 e. The molecule has 0 aliphatic heterocycles. The van der Waals surface area contributed by atoms with Gasteiger partial charge in [-0.1, -0.05) is 0 Å². The molecule has 0 saturated carbocycles. The molecule has 0 heterocycles. The zero-order valence-corrected chi connectivity index (χ0v) is 19.8. The van der Waals surface area contributed by atoms with Gasteiger partial charge in [0.25, 0.3) is 0 Å². The molecule has 8 heteroatoms. The van der Waals surface area contributed by atoms with Crippen LogP contribution in [-0.4, -0.2) is 49.7 Å². The molecule has 0 bridgehead atoms. The lowest BCUT2D eigenvalue weighted by Gasteiger charge is -2.28. The summed E-state index contributed by atoms with van der Waals surface area (Å²) in [5, 5.41) is 30.0. The third kappa shape index (κ3) is 6.93. The molecule has 0 atom stereocenters. The van der Waals surface area contributed by atoms with E-state index in [2.05, 4.69) is 0 Å². The average molecular weight is 461 g/mol. The summed E-state index contributed by atoms with van der Waals surface area (Å²) in [5.41, 5.74) is 1.01. The SMILES string of the molecule is CCO[Si](CCC/C(C(=O)c1ccc(O)cc1)=C(/O)c1ccc(O)cc1)(OCC)OCC. The Morgan fingerprint density at radius 3 is 1.66 bits per heavy atom. The second-order valence-electron chi connectivity index (χ2n) is 7.09. The van der Waals surface area contributed by atoms with E-state index in [9.17, 15) is 20.1 Å². The predicted octanol–water partition coefficient (Wildman–Crippen LogP) is 5.08. The molecule has 0 amide bonds. The molecule has 0 spiro atoms. The first-order valence-corrected chi connectivity index (χ1v) is 12.8. The van der Waals surface area contributed by atoms with E-state index >= 15 is 0 Å². The van der Waals surface area contributed by atoms with Gasteiger partial charge < -0.3 is 28.6 Å². The van der Waals surface area contributed by atoms with E-state index in [1.54, 1.807) is 12.1 Å². The zero-order valence-electron chi connectivity index (χ0n) is 18.8. The van der Waals surface area contributed by atoms with Crippen LogP contribution in [0.15, 0.2) is 54.1 Å². The average Bonchev–Trinajstić information content (AvgIpc) is 2.77. The summed E-state index contributed by atoms with van der Waals surface area (Å²) in [5.74, 6) is -0.378. The van der Waals surface area contributed by atoms with Crippen LogP contribution in [0.3, 0.4) is 0 Å². The minimum atomic E-state index is -2.89. The molecular formula is C24H32O7Si. The Labute approximate surface area is 190 Å². The Kier molecular flexibility index (Phi) is 9.92. The van der Waals surface area contributed by atoms with Crippen LogP contribution in [0.25, 0.3) is 5.76 Å². The quantitative estimate of drug-likeness (QED) is 0.166. The van der Waals surface area contributed by atoms with Crippen molar-refractivity contribution in [3.8, 4) is 11.5 Å². The van der Waals surface area contributed by atoms with Crippen LogP contribution in [-0.2, 0) is 13.3 Å². The highest BCUT2D eigenvalue weighted by molar-refractivity contribution is 6.60. The fraction of sp³-hybridized carbons (Fsp3) is 0.375. The third-order valence-corrected chi connectivity index (χ3v) is 7.98.